The SMILES string of the molecule is Cc1ccc(C)c(N2CCN(C(=O)C3CCCN(S(=O)(=O)c4cccc5nonc45)C3)CC2)c1. The molecule has 2 aliphatic heterocycles. The first-order valence-electron chi connectivity index (χ1n) is 11.7. The Morgan fingerprint density at radius 2 is 1.82 bits per heavy atom. The summed E-state index contributed by atoms with van der Waals surface area (Å²) >= 11 is 0. The number of carbonyl (C=O) groups is 1. The molecule has 2 fully saturated rings. The number of piperazine rings is 1. The Bertz CT molecular complexity index is 1310. The van der Waals surface area contributed by atoms with Gasteiger partial charge in [-0.2, -0.15) is 4.31 Å². The minimum Gasteiger partial charge on any atom is -0.368 e. The number of sulfonamides is 1. The quantitative estimate of drug-likeness (QED) is 0.562. The van der Waals surface area contributed by atoms with Crippen molar-refractivity contribution >= 4 is 32.7 Å². The van der Waals surface area contributed by atoms with Crippen LogP contribution in [0.3, 0.4) is 0 Å². The van der Waals surface area contributed by atoms with Crippen LogP contribution < -0.4 is 4.90 Å². The molecule has 0 N–H and O–H groups in total. The zero-order valence-electron chi connectivity index (χ0n) is 19.5. The third kappa shape index (κ3) is 4.16. The first-order chi connectivity index (χ1) is 16.3. The van der Waals surface area contributed by atoms with E-state index < -0.39 is 10.0 Å². The summed E-state index contributed by atoms with van der Waals surface area (Å²) in [6, 6.07) is 11.2. The van der Waals surface area contributed by atoms with Gasteiger partial charge in [-0.3, -0.25) is 4.79 Å². The zero-order valence-corrected chi connectivity index (χ0v) is 20.3. The molecule has 10 heteroatoms. The van der Waals surface area contributed by atoms with Crippen molar-refractivity contribution in [3.63, 3.8) is 0 Å². The van der Waals surface area contributed by atoms with Gasteiger partial charge in [-0.1, -0.05) is 18.2 Å². The summed E-state index contributed by atoms with van der Waals surface area (Å²) in [5.41, 5.74) is 4.29. The standard InChI is InChI=1S/C24H29N5O4S/c1-17-8-9-18(2)21(15-17)27-11-13-28(14-12-27)24(30)19-5-4-10-29(16-19)34(31,32)22-7-3-6-20-23(22)26-33-25-20/h3,6-9,15,19H,4-5,10-14,16H2,1-2H3. The summed E-state index contributed by atoms with van der Waals surface area (Å²) in [6.07, 6.45) is 1.34. The molecule has 34 heavy (non-hydrogen) atoms. The fourth-order valence-corrected chi connectivity index (χ4v) is 6.64. The second-order valence-electron chi connectivity index (χ2n) is 9.19. The van der Waals surface area contributed by atoms with Gasteiger partial charge >= 0.3 is 0 Å². The number of aryl methyl sites for hydroxylation is 2. The lowest BCUT2D eigenvalue weighted by Crippen LogP contribution is -2.53. The number of hydrogen-bond donors (Lipinski definition) is 0. The molecule has 1 atom stereocenters. The number of piperidine rings is 1. The maximum atomic E-state index is 13.4. The molecule has 0 bridgehead atoms. The van der Waals surface area contributed by atoms with Crippen LogP contribution in [0, 0.1) is 19.8 Å². The van der Waals surface area contributed by atoms with Crippen molar-refractivity contribution in [1.82, 2.24) is 19.5 Å². The van der Waals surface area contributed by atoms with Gasteiger partial charge in [-0.05, 0) is 66.3 Å². The second-order valence-corrected chi connectivity index (χ2v) is 11.1. The lowest BCUT2D eigenvalue weighted by Gasteiger charge is -2.40. The van der Waals surface area contributed by atoms with Crippen molar-refractivity contribution in [3.05, 3.63) is 47.5 Å². The number of nitrogens with zero attached hydrogens (tertiary/aromatic N) is 5. The number of amides is 1. The number of hydrogen-bond acceptors (Lipinski definition) is 7. The topological polar surface area (TPSA) is 99.8 Å². The smallest absolute Gasteiger partial charge is 0.245 e. The predicted molar refractivity (Wildman–Crippen MR) is 128 cm³/mol. The van der Waals surface area contributed by atoms with Crippen LogP contribution in [0.25, 0.3) is 11.0 Å². The number of aromatic nitrogens is 2. The molecule has 1 aromatic heterocycles. The van der Waals surface area contributed by atoms with E-state index in [9.17, 15) is 13.2 Å². The molecule has 2 aliphatic rings. The second kappa shape index (κ2) is 8.99. The summed E-state index contributed by atoms with van der Waals surface area (Å²) in [4.78, 5) is 17.6. The Morgan fingerprint density at radius 1 is 1.03 bits per heavy atom. The molecule has 0 spiro atoms. The van der Waals surface area contributed by atoms with Crippen LogP contribution in [0.2, 0.25) is 0 Å². The third-order valence-electron chi connectivity index (χ3n) is 6.90. The molecule has 0 radical (unpaired) electrons. The summed E-state index contributed by atoms with van der Waals surface area (Å²) in [5.74, 6) is -0.299. The highest BCUT2D eigenvalue weighted by molar-refractivity contribution is 7.89. The molecule has 2 aromatic carbocycles. The summed E-state index contributed by atoms with van der Waals surface area (Å²) in [5, 5.41) is 7.53. The van der Waals surface area contributed by atoms with Crippen LogP contribution in [0.1, 0.15) is 24.0 Å². The zero-order chi connectivity index (χ0) is 23.9. The molecule has 0 aliphatic carbocycles. The molecule has 180 valence electrons. The van der Waals surface area contributed by atoms with Crippen molar-refractivity contribution < 1.29 is 17.8 Å². The lowest BCUT2D eigenvalue weighted by atomic mass is 9.97. The van der Waals surface area contributed by atoms with Gasteiger partial charge < -0.3 is 9.80 Å². The average molecular weight is 484 g/mol. The fourth-order valence-electron chi connectivity index (χ4n) is 4.98. The van der Waals surface area contributed by atoms with Crippen molar-refractivity contribution in [2.75, 3.05) is 44.2 Å². The molecule has 5 rings (SSSR count). The van der Waals surface area contributed by atoms with Gasteiger partial charge in [0.05, 0.1) is 5.92 Å². The summed E-state index contributed by atoms with van der Waals surface area (Å²) < 4.78 is 32.9. The Morgan fingerprint density at radius 3 is 2.62 bits per heavy atom. The van der Waals surface area contributed by atoms with E-state index in [4.69, 9.17) is 4.63 Å². The third-order valence-corrected chi connectivity index (χ3v) is 8.79. The van der Waals surface area contributed by atoms with Gasteiger partial charge in [-0.15, -0.1) is 0 Å². The summed E-state index contributed by atoms with van der Waals surface area (Å²) in [6.45, 7) is 7.58. The van der Waals surface area contributed by atoms with Crippen LogP contribution in [0.4, 0.5) is 5.69 Å². The normalized spacial score (nSPS) is 20.1. The first-order valence-corrected chi connectivity index (χ1v) is 13.1. The monoisotopic (exact) mass is 483 g/mol. The highest BCUT2D eigenvalue weighted by Crippen LogP contribution is 2.29. The lowest BCUT2D eigenvalue weighted by molar-refractivity contribution is -0.137. The average Bonchev–Trinajstić information content (AvgIpc) is 3.34. The molecule has 2 saturated heterocycles. The minimum atomic E-state index is -3.82. The molecule has 1 amide bonds. The van der Waals surface area contributed by atoms with Gasteiger partial charge in [0.1, 0.15) is 10.4 Å². The van der Waals surface area contributed by atoms with Crippen molar-refractivity contribution in [2.24, 2.45) is 5.92 Å². The van der Waals surface area contributed by atoms with E-state index in [1.165, 1.54) is 27.2 Å². The first kappa shape index (κ1) is 22.8. The number of fused-ring (bicyclic) bond motifs is 1. The number of benzene rings is 2. The van der Waals surface area contributed by atoms with Gasteiger partial charge in [0.15, 0.2) is 5.52 Å². The Kier molecular flexibility index (Phi) is 6.03. The van der Waals surface area contributed by atoms with E-state index in [1.54, 1.807) is 12.1 Å². The maximum Gasteiger partial charge on any atom is 0.245 e. The van der Waals surface area contributed by atoms with Crippen molar-refractivity contribution in [2.45, 2.75) is 31.6 Å². The Hall–Kier alpha value is -2.98. The van der Waals surface area contributed by atoms with E-state index in [-0.39, 0.29) is 28.8 Å². The number of rotatable bonds is 4. The molecule has 0 saturated carbocycles. The van der Waals surface area contributed by atoms with E-state index >= 15 is 0 Å². The Balaban J connectivity index is 1.27. The van der Waals surface area contributed by atoms with E-state index in [2.05, 4.69) is 47.3 Å². The summed E-state index contributed by atoms with van der Waals surface area (Å²) in [7, 11) is -3.82. The molecule has 9 nitrogen and oxygen atoms in total. The Labute approximate surface area is 199 Å². The largest absolute Gasteiger partial charge is 0.368 e. The van der Waals surface area contributed by atoms with Crippen LogP contribution in [0.5, 0.6) is 0 Å². The molecule has 1 unspecified atom stereocenters. The van der Waals surface area contributed by atoms with E-state index in [0.717, 1.165) is 13.1 Å². The van der Waals surface area contributed by atoms with Gasteiger partial charge in [0, 0.05) is 45.0 Å². The highest BCUT2D eigenvalue weighted by Gasteiger charge is 2.37. The van der Waals surface area contributed by atoms with Gasteiger partial charge in [0.25, 0.3) is 0 Å². The molecule has 3 heterocycles. The molecular formula is C24H29N5O4S. The van der Waals surface area contributed by atoms with E-state index in [0.29, 0.717) is 38.0 Å². The fraction of sp³-hybridized carbons (Fsp3) is 0.458. The van der Waals surface area contributed by atoms with Crippen LogP contribution in [0.15, 0.2) is 45.9 Å². The van der Waals surface area contributed by atoms with Gasteiger partial charge in [-0.25, -0.2) is 13.0 Å². The van der Waals surface area contributed by atoms with Gasteiger partial charge in [0.2, 0.25) is 15.9 Å². The molecular weight excluding hydrogens is 454 g/mol. The van der Waals surface area contributed by atoms with E-state index in [1.807, 2.05) is 4.90 Å². The number of anilines is 1. The van der Waals surface area contributed by atoms with Crippen molar-refractivity contribution in [1.29, 1.82) is 0 Å². The van der Waals surface area contributed by atoms with Crippen LogP contribution in [-0.2, 0) is 14.8 Å². The van der Waals surface area contributed by atoms with Crippen molar-refractivity contribution in [3.8, 4) is 0 Å². The highest BCUT2D eigenvalue weighted by atomic mass is 32.2. The predicted octanol–water partition coefficient (Wildman–Crippen LogP) is 2.59. The number of carbonyl (C=O) groups excluding carboxylic acids is 1. The molecule has 3 aromatic rings. The van der Waals surface area contributed by atoms with Crippen LogP contribution in [-0.4, -0.2) is 73.1 Å². The maximum absolute atomic E-state index is 13.4. The van der Waals surface area contributed by atoms with Crippen LogP contribution >= 0.6 is 0 Å². The minimum absolute atomic E-state index is 0.0434.